The number of rotatable bonds is 7. The minimum absolute atomic E-state index is 0.0482. The third kappa shape index (κ3) is 4.91. The summed E-state index contributed by atoms with van der Waals surface area (Å²) < 4.78 is 5.00. The van der Waals surface area contributed by atoms with Crippen molar-refractivity contribution in [1.29, 1.82) is 0 Å². The summed E-state index contributed by atoms with van der Waals surface area (Å²) in [5, 5.41) is 11.6. The number of carboxylic acids is 1. The first-order valence-electron chi connectivity index (χ1n) is 6.03. The van der Waals surface area contributed by atoms with E-state index in [-0.39, 0.29) is 18.6 Å². The number of nitrogens with one attached hydrogen (secondary N) is 1. The number of ether oxygens (including phenoxy) is 1. The van der Waals surface area contributed by atoms with Crippen LogP contribution >= 0.6 is 0 Å². The van der Waals surface area contributed by atoms with Crippen molar-refractivity contribution >= 4 is 12.0 Å². The van der Waals surface area contributed by atoms with Crippen LogP contribution in [0.25, 0.3) is 0 Å². The molecule has 0 aromatic heterocycles. The van der Waals surface area contributed by atoms with Crippen molar-refractivity contribution in [3.63, 3.8) is 0 Å². The molecule has 18 heavy (non-hydrogen) atoms. The van der Waals surface area contributed by atoms with E-state index in [1.54, 1.807) is 25.9 Å². The maximum atomic E-state index is 11.9. The Kier molecular flexibility index (Phi) is 6.68. The van der Waals surface area contributed by atoms with Crippen LogP contribution in [0.15, 0.2) is 0 Å². The van der Waals surface area contributed by atoms with Crippen LogP contribution in [0.4, 0.5) is 4.79 Å². The summed E-state index contributed by atoms with van der Waals surface area (Å²) in [6.45, 7) is 7.99. The highest BCUT2D eigenvalue weighted by Crippen LogP contribution is 2.13. The highest BCUT2D eigenvalue weighted by molar-refractivity contribution is 5.77. The lowest BCUT2D eigenvalue weighted by atomic mass is 9.94. The number of hydrogen-bond acceptors (Lipinski definition) is 3. The van der Waals surface area contributed by atoms with Gasteiger partial charge in [0.15, 0.2) is 0 Å². The van der Waals surface area contributed by atoms with E-state index in [9.17, 15) is 9.59 Å². The summed E-state index contributed by atoms with van der Waals surface area (Å²) >= 11 is 0. The summed E-state index contributed by atoms with van der Waals surface area (Å²) in [5.41, 5.74) is -0.973. The maximum absolute atomic E-state index is 11.9. The van der Waals surface area contributed by atoms with Gasteiger partial charge in [-0.05, 0) is 27.7 Å². The lowest BCUT2D eigenvalue weighted by Gasteiger charge is -2.29. The molecular weight excluding hydrogens is 236 g/mol. The number of carbonyl (C=O) groups excluding carboxylic acids is 1. The predicted molar refractivity (Wildman–Crippen MR) is 68.5 cm³/mol. The number of nitrogens with zero attached hydrogens (tertiary/aromatic N) is 1. The largest absolute Gasteiger partial charge is 0.481 e. The molecule has 0 aliphatic rings. The molecule has 0 bridgehead atoms. The standard InChI is InChI=1S/C12H24N2O4/c1-6-14(9(2)7-18-5)11(17)13-8-12(3,4)10(15)16/h9H,6-8H2,1-5H3,(H,13,17)(H,15,16). The van der Waals surface area contributed by atoms with Crippen molar-refractivity contribution < 1.29 is 19.4 Å². The van der Waals surface area contributed by atoms with Crippen LogP contribution in [0.3, 0.4) is 0 Å². The van der Waals surface area contributed by atoms with Gasteiger partial charge in [-0.2, -0.15) is 0 Å². The topological polar surface area (TPSA) is 78.9 Å². The molecule has 0 saturated heterocycles. The third-order valence-electron chi connectivity index (χ3n) is 2.80. The fourth-order valence-electron chi connectivity index (χ4n) is 1.46. The third-order valence-corrected chi connectivity index (χ3v) is 2.80. The molecule has 0 aliphatic heterocycles. The summed E-state index contributed by atoms with van der Waals surface area (Å²) in [6.07, 6.45) is 0. The van der Waals surface area contributed by atoms with E-state index in [0.29, 0.717) is 13.2 Å². The van der Waals surface area contributed by atoms with Gasteiger partial charge in [0.2, 0.25) is 0 Å². The number of urea groups is 1. The van der Waals surface area contributed by atoms with Gasteiger partial charge in [-0.25, -0.2) is 4.79 Å². The fourth-order valence-corrected chi connectivity index (χ4v) is 1.46. The smallest absolute Gasteiger partial charge is 0.317 e. The predicted octanol–water partition coefficient (Wildman–Crippen LogP) is 1.16. The van der Waals surface area contributed by atoms with Crippen molar-refractivity contribution in [2.75, 3.05) is 26.8 Å². The Morgan fingerprint density at radius 1 is 1.44 bits per heavy atom. The van der Waals surface area contributed by atoms with Gasteiger partial charge in [0, 0.05) is 20.2 Å². The van der Waals surface area contributed by atoms with Crippen molar-refractivity contribution in [2.45, 2.75) is 33.7 Å². The minimum Gasteiger partial charge on any atom is -0.481 e. The zero-order valence-corrected chi connectivity index (χ0v) is 11.8. The van der Waals surface area contributed by atoms with E-state index >= 15 is 0 Å². The molecule has 2 N–H and O–H groups in total. The molecule has 0 aromatic carbocycles. The summed E-state index contributed by atoms with van der Waals surface area (Å²) in [6, 6.07) is -0.315. The summed E-state index contributed by atoms with van der Waals surface area (Å²) in [7, 11) is 1.58. The first-order chi connectivity index (χ1) is 8.26. The number of carboxylic acid groups (broad SMARTS) is 1. The summed E-state index contributed by atoms with van der Waals surface area (Å²) in [4.78, 5) is 24.5. The van der Waals surface area contributed by atoms with Gasteiger partial charge in [-0.1, -0.05) is 0 Å². The van der Waals surface area contributed by atoms with Crippen LogP contribution in [-0.2, 0) is 9.53 Å². The molecule has 0 radical (unpaired) electrons. The number of hydrogen-bond donors (Lipinski definition) is 2. The number of likely N-dealkylation sites (N-methyl/N-ethyl adjacent to an activating group) is 1. The maximum Gasteiger partial charge on any atom is 0.317 e. The van der Waals surface area contributed by atoms with E-state index in [4.69, 9.17) is 9.84 Å². The fraction of sp³-hybridized carbons (Fsp3) is 0.833. The van der Waals surface area contributed by atoms with Crippen LogP contribution in [-0.4, -0.2) is 54.9 Å². The average molecular weight is 260 g/mol. The van der Waals surface area contributed by atoms with Crippen LogP contribution in [0.5, 0.6) is 0 Å². The second-order valence-electron chi connectivity index (χ2n) is 4.94. The first-order valence-corrected chi connectivity index (χ1v) is 6.03. The van der Waals surface area contributed by atoms with Gasteiger partial charge in [-0.15, -0.1) is 0 Å². The number of aliphatic carboxylic acids is 1. The van der Waals surface area contributed by atoms with Crippen LogP contribution in [0, 0.1) is 5.41 Å². The van der Waals surface area contributed by atoms with Gasteiger partial charge in [0.1, 0.15) is 0 Å². The Labute approximate surface area is 108 Å². The van der Waals surface area contributed by atoms with E-state index in [1.165, 1.54) is 0 Å². The summed E-state index contributed by atoms with van der Waals surface area (Å²) in [5.74, 6) is -0.934. The Morgan fingerprint density at radius 2 is 2.00 bits per heavy atom. The molecule has 0 fully saturated rings. The second-order valence-corrected chi connectivity index (χ2v) is 4.94. The van der Waals surface area contributed by atoms with Crippen molar-refractivity contribution in [3.8, 4) is 0 Å². The molecule has 0 heterocycles. The molecule has 6 heteroatoms. The van der Waals surface area contributed by atoms with Crippen molar-refractivity contribution in [1.82, 2.24) is 10.2 Å². The molecule has 0 aromatic rings. The van der Waals surface area contributed by atoms with Crippen molar-refractivity contribution in [3.05, 3.63) is 0 Å². The Hall–Kier alpha value is -1.30. The van der Waals surface area contributed by atoms with Crippen LogP contribution in [0.1, 0.15) is 27.7 Å². The highest BCUT2D eigenvalue weighted by Gasteiger charge is 2.28. The molecule has 1 atom stereocenters. The SMILES string of the molecule is CCN(C(=O)NCC(C)(C)C(=O)O)C(C)COC. The zero-order valence-electron chi connectivity index (χ0n) is 11.8. The molecule has 0 saturated carbocycles. The van der Waals surface area contributed by atoms with E-state index < -0.39 is 11.4 Å². The lowest BCUT2D eigenvalue weighted by Crippen LogP contribution is -2.49. The molecule has 0 aliphatic carbocycles. The number of methoxy groups -OCH3 is 1. The van der Waals surface area contributed by atoms with Gasteiger partial charge < -0.3 is 20.1 Å². The van der Waals surface area contributed by atoms with Gasteiger partial charge >= 0.3 is 12.0 Å². The number of carbonyl (C=O) groups is 2. The van der Waals surface area contributed by atoms with Gasteiger partial charge in [0.05, 0.1) is 18.1 Å². The Morgan fingerprint density at radius 3 is 2.39 bits per heavy atom. The highest BCUT2D eigenvalue weighted by atomic mass is 16.5. The van der Waals surface area contributed by atoms with E-state index in [1.807, 2.05) is 13.8 Å². The molecule has 6 nitrogen and oxygen atoms in total. The zero-order chi connectivity index (χ0) is 14.3. The lowest BCUT2D eigenvalue weighted by molar-refractivity contribution is -0.146. The first kappa shape index (κ1) is 16.7. The Balaban J connectivity index is 4.42. The van der Waals surface area contributed by atoms with Crippen LogP contribution < -0.4 is 5.32 Å². The normalized spacial score (nSPS) is 12.9. The van der Waals surface area contributed by atoms with E-state index in [0.717, 1.165) is 0 Å². The molecular formula is C12H24N2O4. The van der Waals surface area contributed by atoms with Crippen molar-refractivity contribution in [2.24, 2.45) is 5.41 Å². The molecule has 0 spiro atoms. The quantitative estimate of drug-likeness (QED) is 0.720. The van der Waals surface area contributed by atoms with Gasteiger partial charge in [-0.3, -0.25) is 4.79 Å². The van der Waals surface area contributed by atoms with Gasteiger partial charge in [0.25, 0.3) is 0 Å². The monoisotopic (exact) mass is 260 g/mol. The Bertz CT molecular complexity index is 292. The molecule has 1 unspecified atom stereocenters. The molecule has 2 amide bonds. The van der Waals surface area contributed by atoms with E-state index in [2.05, 4.69) is 5.32 Å². The number of amides is 2. The minimum atomic E-state index is -0.973. The molecule has 106 valence electrons. The second kappa shape index (κ2) is 7.20. The average Bonchev–Trinajstić information content (AvgIpc) is 2.27. The van der Waals surface area contributed by atoms with Crippen LogP contribution in [0.2, 0.25) is 0 Å². The molecule has 0 rings (SSSR count).